The van der Waals surface area contributed by atoms with Crippen molar-refractivity contribution in [3.63, 3.8) is 0 Å². The van der Waals surface area contributed by atoms with E-state index >= 15 is 0 Å². The van der Waals surface area contributed by atoms with Crippen molar-refractivity contribution >= 4 is 5.82 Å². The first-order chi connectivity index (χ1) is 11.3. The van der Waals surface area contributed by atoms with Gasteiger partial charge in [0.05, 0.1) is 12.2 Å². The summed E-state index contributed by atoms with van der Waals surface area (Å²) in [5.41, 5.74) is -1.05. The number of morpholine rings is 1. The van der Waals surface area contributed by atoms with Crippen molar-refractivity contribution in [2.75, 3.05) is 31.5 Å². The number of hydrogen-bond donors (Lipinski definition) is 1. The summed E-state index contributed by atoms with van der Waals surface area (Å²) < 4.78 is 7.96. The Kier molecular flexibility index (Phi) is 5.80. The van der Waals surface area contributed by atoms with Crippen LogP contribution in [0.3, 0.4) is 0 Å². The molecule has 2 atom stereocenters. The molecule has 2 unspecified atom stereocenters. The SMILES string of the molecule is CC1CN(CCCNc2c(C#N)c(=O)n(C)c(=O)n2C)CC(C)O1. The van der Waals surface area contributed by atoms with E-state index in [1.165, 1.54) is 11.6 Å². The third-order valence-corrected chi connectivity index (χ3v) is 4.22. The molecule has 132 valence electrons. The number of nitrogens with zero attached hydrogens (tertiary/aromatic N) is 4. The maximum absolute atomic E-state index is 12.0. The topological polar surface area (TPSA) is 92.3 Å². The van der Waals surface area contributed by atoms with E-state index in [0.29, 0.717) is 6.54 Å². The molecule has 0 aromatic carbocycles. The summed E-state index contributed by atoms with van der Waals surface area (Å²) in [6.07, 6.45) is 1.29. The first kappa shape index (κ1) is 18.2. The molecular weight excluding hydrogens is 310 g/mol. The predicted octanol–water partition coefficient (Wildman–Crippen LogP) is -0.133. The Labute approximate surface area is 141 Å². The molecule has 0 aliphatic carbocycles. The average Bonchev–Trinajstić information content (AvgIpc) is 2.53. The Morgan fingerprint density at radius 2 is 1.83 bits per heavy atom. The van der Waals surface area contributed by atoms with Crippen LogP contribution in [0.2, 0.25) is 0 Å². The lowest BCUT2D eigenvalue weighted by Crippen LogP contribution is -2.46. The zero-order valence-electron chi connectivity index (χ0n) is 14.7. The average molecular weight is 335 g/mol. The molecule has 1 saturated heterocycles. The molecule has 2 rings (SSSR count). The maximum atomic E-state index is 12.0. The minimum Gasteiger partial charge on any atom is -0.373 e. The highest BCUT2D eigenvalue weighted by Crippen LogP contribution is 2.11. The lowest BCUT2D eigenvalue weighted by Gasteiger charge is -2.35. The predicted molar refractivity (Wildman–Crippen MR) is 91.2 cm³/mol. The van der Waals surface area contributed by atoms with Crippen LogP contribution in [0.25, 0.3) is 0 Å². The van der Waals surface area contributed by atoms with Gasteiger partial charge in [-0.3, -0.25) is 18.8 Å². The molecule has 24 heavy (non-hydrogen) atoms. The third-order valence-electron chi connectivity index (χ3n) is 4.22. The van der Waals surface area contributed by atoms with Gasteiger partial charge in [0, 0.05) is 40.3 Å². The number of hydrogen-bond acceptors (Lipinski definition) is 6. The number of aromatic nitrogens is 2. The van der Waals surface area contributed by atoms with Gasteiger partial charge in [-0.05, 0) is 20.3 Å². The van der Waals surface area contributed by atoms with Crippen LogP contribution in [-0.4, -0.2) is 52.4 Å². The normalized spacial score (nSPS) is 21.5. The van der Waals surface area contributed by atoms with E-state index in [1.54, 1.807) is 7.05 Å². The zero-order chi connectivity index (χ0) is 17.9. The Balaban J connectivity index is 1.99. The summed E-state index contributed by atoms with van der Waals surface area (Å²) in [6.45, 7) is 7.41. The summed E-state index contributed by atoms with van der Waals surface area (Å²) in [7, 11) is 2.92. The maximum Gasteiger partial charge on any atom is 0.332 e. The Morgan fingerprint density at radius 1 is 1.21 bits per heavy atom. The fourth-order valence-corrected chi connectivity index (χ4v) is 3.13. The van der Waals surface area contributed by atoms with Crippen LogP contribution in [-0.2, 0) is 18.8 Å². The van der Waals surface area contributed by atoms with Crippen molar-refractivity contribution in [2.24, 2.45) is 14.1 Å². The van der Waals surface area contributed by atoms with E-state index < -0.39 is 11.2 Å². The van der Waals surface area contributed by atoms with Crippen molar-refractivity contribution in [1.82, 2.24) is 14.0 Å². The number of nitrogens with one attached hydrogen (secondary N) is 1. The van der Waals surface area contributed by atoms with E-state index in [4.69, 9.17) is 4.74 Å². The minimum atomic E-state index is -0.570. The van der Waals surface area contributed by atoms with Crippen LogP contribution >= 0.6 is 0 Å². The van der Waals surface area contributed by atoms with E-state index in [-0.39, 0.29) is 23.6 Å². The molecule has 1 fully saturated rings. The van der Waals surface area contributed by atoms with Gasteiger partial charge in [0.2, 0.25) is 0 Å². The molecule has 8 heteroatoms. The van der Waals surface area contributed by atoms with Gasteiger partial charge in [0.1, 0.15) is 11.9 Å². The second-order valence-electron chi connectivity index (χ2n) is 6.34. The Morgan fingerprint density at radius 3 is 2.42 bits per heavy atom. The number of rotatable bonds is 5. The Bertz CT molecular complexity index is 736. The molecule has 1 aromatic heterocycles. The first-order valence-electron chi connectivity index (χ1n) is 8.17. The molecule has 8 nitrogen and oxygen atoms in total. The van der Waals surface area contributed by atoms with E-state index in [1.807, 2.05) is 6.07 Å². The largest absolute Gasteiger partial charge is 0.373 e. The molecule has 0 saturated carbocycles. The molecular formula is C16H25N5O3. The van der Waals surface area contributed by atoms with Crippen molar-refractivity contribution in [2.45, 2.75) is 32.5 Å². The first-order valence-corrected chi connectivity index (χ1v) is 8.17. The molecule has 1 N–H and O–H groups in total. The number of ether oxygens (including phenoxy) is 1. The van der Waals surface area contributed by atoms with E-state index in [0.717, 1.165) is 30.6 Å². The molecule has 0 radical (unpaired) electrons. The minimum absolute atomic E-state index is 0.0341. The standard InChI is InChI=1S/C16H25N5O3/c1-11-9-21(10-12(2)24-11)7-5-6-18-14-13(8-17)15(22)20(4)16(23)19(14)3/h11-12,18H,5-7,9-10H2,1-4H3. The quantitative estimate of drug-likeness (QED) is 0.754. The third kappa shape index (κ3) is 3.86. The summed E-state index contributed by atoms with van der Waals surface area (Å²) in [5, 5.41) is 12.3. The van der Waals surface area contributed by atoms with Crippen LogP contribution in [0.4, 0.5) is 5.82 Å². The second-order valence-corrected chi connectivity index (χ2v) is 6.34. The van der Waals surface area contributed by atoms with Crippen molar-refractivity contribution in [1.29, 1.82) is 5.26 Å². The van der Waals surface area contributed by atoms with Gasteiger partial charge in [-0.2, -0.15) is 5.26 Å². The summed E-state index contributed by atoms with van der Waals surface area (Å²) in [5.74, 6) is 0.286. The van der Waals surface area contributed by atoms with Gasteiger partial charge < -0.3 is 10.1 Å². The summed E-state index contributed by atoms with van der Waals surface area (Å²) in [6, 6.07) is 1.89. The molecule has 1 aliphatic heterocycles. The van der Waals surface area contributed by atoms with Crippen molar-refractivity contribution in [3.8, 4) is 6.07 Å². The van der Waals surface area contributed by atoms with Gasteiger partial charge >= 0.3 is 5.69 Å². The molecule has 0 bridgehead atoms. The highest BCUT2D eigenvalue weighted by Gasteiger charge is 2.21. The van der Waals surface area contributed by atoms with Crippen LogP contribution in [0.1, 0.15) is 25.8 Å². The van der Waals surface area contributed by atoms with Gasteiger partial charge in [0.15, 0.2) is 5.56 Å². The lowest BCUT2D eigenvalue weighted by atomic mass is 10.2. The van der Waals surface area contributed by atoms with Crippen LogP contribution in [0, 0.1) is 11.3 Å². The fourth-order valence-electron chi connectivity index (χ4n) is 3.13. The molecule has 0 spiro atoms. The Hall–Kier alpha value is -2.11. The number of anilines is 1. The monoisotopic (exact) mass is 335 g/mol. The van der Waals surface area contributed by atoms with Crippen LogP contribution < -0.4 is 16.6 Å². The number of nitriles is 1. The van der Waals surface area contributed by atoms with Gasteiger partial charge in [0.25, 0.3) is 5.56 Å². The fraction of sp³-hybridized carbons (Fsp3) is 0.688. The van der Waals surface area contributed by atoms with Crippen LogP contribution in [0.15, 0.2) is 9.59 Å². The van der Waals surface area contributed by atoms with E-state index in [9.17, 15) is 14.9 Å². The lowest BCUT2D eigenvalue weighted by molar-refractivity contribution is -0.0678. The molecule has 1 aromatic rings. The molecule has 2 heterocycles. The van der Waals surface area contributed by atoms with Crippen LogP contribution in [0.5, 0.6) is 0 Å². The van der Waals surface area contributed by atoms with Gasteiger partial charge in [-0.15, -0.1) is 0 Å². The zero-order valence-corrected chi connectivity index (χ0v) is 14.7. The molecule has 0 amide bonds. The van der Waals surface area contributed by atoms with Crippen molar-refractivity contribution < 1.29 is 4.74 Å². The highest BCUT2D eigenvalue weighted by atomic mass is 16.5. The van der Waals surface area contributed by atoms with Gasteiger partial charge in [-0.1, -0.05) is 0 Å². The second kappa shape index (κ2) is 7.64. The van der Waals surface area contributed by atoms with Crippen molar-refractivity contribution in [3.05, 3.63) is 26.4 Å². The summed E-state index contributed by atoms with van der Waals surface area (Å²) in [4.78, 5) is 26.3. The van der Waals surface area contributed by atoms with E-state index in [2.05, 4.69) is 24.1 Å². The highest BCUT2D eigenvalue weighted by molar-refractivity contribution is 5.51. The van der Waals surface area contributed by atoms with Gasteiger partial charge in [-0.25, -0.2) is 4.79 Å². The summed E-state index contributed by atoms with van der Waals surface area (Å²) >= 11 is 0. The molecule has 1 aliphatic rings. The smallest absolute Gasteiger partial charge is 0.332 e.